The predicted molar refractivity (Wildman–Crippen MR) is 66.4 cm³/mol. The fourth-order valence-corrected chi connectivity index (χ4v) is 2.71. The van der Waals surface area contributed by atoms with Gasteiger partial charge in [0, 0.05) is 12.1 Å². The van der Waals surface area contributed by atoms with E-state index in [0.717, 1.165) is 30.4 Å². The smallest absolute Gasteiger partial charge is 0.126 e. The van der Waals surface area contributed by atoms with Crippen molar-refractivity contribution in [1.82, 2.24) is 5.32 Å². The number of fused-ring (bicyclic) bond motifs is 1. The molecule has 0 radical (unpaired) electrons. The lowest BCUT2D eigenvalue weighted by molar-refractivity contribution is 0.168. The van der Waals surface area contributed by atoms with Gasteiger partial charge >= 0.3 is 0 Å². The highest BCUT2D eigenvalue weighted by atomic mass is 19.1. The fourth-order valence-electron chi connectivity index (χ4n) is 2.71. The van der Waals surface area contributed by atoms with Crippen molar-refractivity contribution in [2.45, 2.75) is 51.3 Å². The molecule has 0 aliphatic heterocycles. The molecule has 1 aliphatic rings. The van der Waals surface area contributed by atoms with Crippen molar-refractivity contribution in [2.24, 2.45) is 0 Å². The summed E-state index contributed by atoms with van der Waals surface area (Å²) in [5, 5.41) is 12.8. The molecule has 0 bridgehead atoms. The molecule has 1 aliphatic carbocycles. The third-order valence-corrected chi connectivity index (χ3v) is 3.39. The van der Waals surface area contributed by atoms with Crippen molar-refractivity contribution in [1.29, 1.82) is 0 Å². The summed E-state index contributed by atoms with van der Waals surface area (Å²) in [7, 11) is 0. The zero-order chi connectivity index (χ0) is 12.4. The van der Waals surface area contributed by atoms with Crippen molar-refractivity contribution in [3.8, 4) is 0 Å². The SMILES string of the molecule is CC(O)CC(C)NC1CCc2c(F)cccc21. The number of aliphatic hydroxyl groups excluding tert-OH is 1. The third kappa shape index (κ3) is 2.85. The normalized spacial score (nSPS) is 22.2. The molecule has 94 valence electrons. The lowest BCUT2D eigenvalue weighted by atomic mass is 10.1. The van der Waals surface area contributed by atoms with Gasteiger partial charge in [-0.2, -0.15) is 0 Å². The second-order valence-corrected chi connectivity index (χ2v) is 5.05. The molecule has 3 atom stereocenters. The van der Waals surface area contributed by atoms with Crippen LogP contribution in [0.5, 0.6) is 0 Å². The Balaban J connectivity index is 2.05. The minimum Gasteiger partial charge on any atom is -0.393 e. The van der Waals surface area contributed by atoms with Gasteiger partial charge < -0.3 is 10.4 Å². The second kappa shape index (κ2) is 5.15. The van der Waals surface area contributed by atoms with E-state index in [-0.39, 0.29) is 24.0 Å². The molecular formula is C14H20FNO. The van der Waals surface area contributed by atoms with Crippen LogP contribution in [0.3, 0.4) is 0 Å². The minimum atomic E-state index is -0.300. The Morgan fingerprint density at radius 3 is 2.94 bits per heavy atom. The van der Waals surface area contributed by atoms with E-state index < -0.39 is 0 Å². The van der Waals surface area contributed by atoms with E-state index in [1.54, 1.807) is 13.0 Å². The van der Waals surface area contributed by atoms with Gasteiger partial charge in [-0.05, 0) is 50.3 Å². The molecule has 0 saturated carbocycles. The maximum absolute atomic E-state index is 13.5. The lowest BCUT2D eigenvalue weighted by Gasteiger charge is -2.21. The average Bonchev–Trinajstić information content (AvgIpc) is 2.62. The number of nitrogens with one attached hydrogen (secondary N) is 1. The van der Waals surface area contributed by atoms with Crippen LogP contribution in [0.4, 0.5) is 4.39 Å². The number of hydrogen-bond donors (Lipinski definition) is 2. The predicted octanol–water partition coefficient (Wildman–Crippen LogP) is 2.56. The molecule has 2 nitrogen and oxygen atoms in total. The maximum atomic E-state index is 13.5. The number of rotatable bonds is 4. The minimum absolute atomic E-state index is 0.0880. The first-order valence-corrected chi connectivity index (χ1v) is 6.29. The second-order valence-electron chi connectivity index (χ2n) is 5.05. The monoisotopic (exact) mass is 237 g/mol. The van der Waals surface area contributed by atoms with E-state index in [4.69, 9.17) is 0 Å². The molecule has 0 amide bonds. The van der Waals surface area contributed by atoms with Gasteiger partial charge in [0.1, 0.15) is 5.82 Å². The molecular weight excluding hydrogens is 217 g/mol. The topological polar surface area (TPSA) is 32.3 Å². The molecule has 0 fully saturated rings. The Morgan fingerprint density at radius 1 is 1.47 bits per heavy atom. The molecule has 3 unspecified atom stereocenters. The average molecular weight is 237 g/mol. The van der Waals surface area contributed by atoms with Gasteiger partial charge in [0.15, 0.2) is 0 Å². The Hall–Kier alpha value is -0.930. The highest BCUT2D eigenvalue weighted by molar-refractivity contribution is 5.35. The number of aliphatic hydroxyl groups is 1. The van der Waals surface area contributed by atoms with E-state index in [0.29, 0.717) is 0 Å². The maximum Gasteiger partial charge on any atom is 0.126 e. The summed E-state index contributed by atoms with van der Waals surface area (Å²) >= 11 is 0. The highest BCUT2D eigenvalue weighted by Crippen LogP contribution is 2.33. The summed E-state index contributed by atoms with van der Waals surface area (Å²) < 4.78 is 13.5. The summed E-state index contributed by atoms with van der Waals surface area (Å²) in [6.45, 7) is 3.85. The van der Waals surface area contributed by atoms with E-state index in [9.17, 15) is 9.50 Å². The molecule has 0 saturated heterocycles. The van der Waals surface area contributed by atoms with Crippen LogP contribution >= 0.6 is 0 Å². The highest BCUT2D eigenvalue weighted by Gasteiger charge is 2.25. The molecule has 2 rings (SSSR count). The van der Waals surface area contributed by atoms with Gasteiger partial charge in [-0.25, -0.2) is 4.39 Å². The summed E-state index contributed by atoms with van der Waals surface area (Å²) in [6, 6.07) is 5.77. The Labute approximate surface area is 102 Å². The fraction of sp³-hybridized carbons (Fsp3) is 0.571. The van der Waals surface area contributed by atoms with Crippen molar-refractivity contribution >= 4 is 0 Å². The van der Waals surface area contributed by atoms with Crippen molar-refractivity contribution in [2.75, 3.05) is 0 Å². The van der Waals surface area contributed by atoms with Crippen LogP contribution in [-0.2, 0) is 6.42 Å². The van der Waals surface area contributed by atoms with E-state index in [1.807, 2.05) is 6.07 Å². The van der Waals surface area contributed by atoms with Crippen molar-refractivity contribution in [3.63, 3.8) is 0 Å². The summed E-state index contributed by atoms with van der Waals surface area (Å²) in [5.74, 6) is -0.0880. The Morgan fingerprint density at radius 2 is 2.24 bits per heavy atom. The van der Waals surface area contributed by atoms with Gasteiger partial charge in [0.2, 0.25) is 0 Å². The number of hydrogen-bond acceptors (Lipinski definition) is 2. The van der Waals surface area contributed by atoms with Crippen LogP contribution in [0.25, 0.3) is 0 Å². The van der Waals surface area contributed by atoms with Gasteiger partial charge in [0.25, 0.3) is 0 Å². The summed E-state index contributed by atoms with van der Waals surface area (Å²) in [5.41, 5.74) is 1.94. The summed E-state index contributed by atoms with van der Waals surface area (Å²) in [4.78, 5) is 0. The first kappa shape index (κ1) is 12.5. The van der Waals surface area contributed by atoms with E-state index in [2.05, 4.69) is 12.2 Å². The van der Waals surface area contributed by atoms with Crippen LogP contribution in [0.2, 0.25) is 0 Å². The summed E-state index contributed by atoms with van der Waals surface area (Å²) in [6.07, 6.45) is 2.17. The molecule has 1 aromatic rings. The van der Waals surface area contributed by atoms with E-state index >= 15 is 0 Å². The Bertz CT molecular complexity index is 392. The van der Waals surface area contributed by atoms with Crippen LogP contribution in [0.1, 0.15) is 43.9 Å². The lowest BCUT2D eigenvalue weighted by Crippen LogP contribution is -2.31. The van der Waals surface area contributed by atoms with Gasteiger partial charge in [-0.15, -0.1) is 0 Å². The third-order valence-electron chi connectivity index (χ3n) is 3.39. The molecule has 17 heavy (non-hydrogen) atoms. The van der Waals surface area contributed by atoms with Gasteiger partial charge in [0.05, 0.1) is 6.10 Å². The largest absolute Gasteiger partial charge is 0.393 e. The van der Waals surface area contributed by atoms with Crippen LogP contribution in [0.15, 0.2) is 18.2 Å². The molecule has 0 spiro atoms. The standard InChI is InChI=1S/C14H20FNO/c1-9(8-10(2)17)16-14-7-6-11-12(14)4-3-5-13(11)15/h3-5,9-10,14,16-17H,6-8H2,1-2H3. The zero-order valence-electron chi connectivity index (χ0n) is 10.4. The first-order valence-electron chi connectivity index (χ1n) is 6.29. The molecule has 1 aromatic carbocycles. The van der Waals surface area contributed by atoms with Crippen LogP contribution < -0.4 is 5.32 Å². The van der Waals surface area contributed by atoms with Crippen molar-refractivity contribution < 1.29 is 9.50 Å². The van der Waals surface area contributed by atoms with Crippen molar-refractivity contribution in [3.05, 3.63) is 35.1 Å². The Kier molecular flexibility index (Phi) is 3.79. The molecule has 0 aromatic heterocycles. The van der Waals surface area contributed by atoms with Crippen LogP contribution in [-0.4, -0.2) is 17.3 Å². The molecule has 3 heteroatoms. The quantitative estimate of drug-likeness (QED) is 0.843. The van der Waals surface area contributed by atoms with Gasteiger partial charge in [-0.3, -0.25) is 0 Å². The number of benzene rings is 1. The van der Waals surface area contributed by atoms with Crippen LogP contribution in [0, 0.1) is 5.82 Å². The van der Waals surface area contributed by atoms with Gasteiger partial charge in [-0.1, -0.05) is 12.1 Å². The number of halogens is 1. The van der Waals surface area contributed by atoms with E-state index in [1.165, 1.54) is 6.07 Å². The first-order chi connectivity index (χ1) is 8.08. The molecule has 0 heterocycles. The molecule has 2 N–H and O–H groups in total. The zero-order valence-corrected chi connectivity index (χ0v) is 10.4.